The number of nitrogens with zero attached hydrogens (tertiary/aromatic N) is 4. The summed E-state index contributed by atoms with van der Waals surface area (Å²) < 4.78 is 43.2. The van der Waals surface area contributed by atoms with Crippen LogP contribution in [0.3, 0.4) is 0 Å². The van der Waals surface area contributed by atoms with Crippen molar-refractivity contribution in [2.45, 2.75) is 44.8 Å². The van der Waals surface area contributed by atoms with Crippen molar-refractivity contribution in [3.05, 3.63) is 59.5 Å². The molecule has 170 valence electrons. The van der Waals surface area contributed by atoms with Crippen LogP contribution in [0.15, 0.2) is 42.5 Å². The fourth-order valence-corrected chi connectivity index (χ4v) is 7.17. The van der Waals surface area contributed by atoms with Gasteiger partial charge in [-0.2, -0.15) is 17.8 Å². The van der Waals surface area contributed by atoms with Crippen LogP contribution in [0.25, 0.3) is 10.9 Å². The molecule has 0 aliphatic carbocycles. The summed E-state index contributed by atoms with van der Waals surface area (Å²) in [7, 11) is -2.09. The van der Waals surface area contributed by atoms with E-state index in [9.17, 15) is 12.8 Å². The molecular formula is C23H28FN5O2S. The van der Waals surface area contributed by atoms with Gasteiger partial charge < -0.3 is 0 Å². The number of aromatic nitrogens is 2. The van der Waals surface area contributed by atoms with Crippen LogP contribution in [0.5, 0.6) is 0 Å². The van der Waals surface area contributed by atoms with E-state index >= 15 is 0 Å². The SMILES string of the molecule is Cc1n[nH]c2ccc(CN3CC[C@@]4(C[C@@H]3C)CN(C)S(=O)(=O)N4c3cccc(F)c3)cc12. The quantitative estimate of drug-likeness (QED) is 0.654. The van der Waals surface area contributed by atoms with Gasteiger partial charge in [-0.3, -0.25) is 14.3 Å². The van der Waals surface area contributed by atoms with Crippen LogP contribution in [0.1, 0.15) is 31.0 Å². The molecule has 1 spiro atoms. The van der Waals surface area contributed by atoms with Crippen LogP contribution >= 0.6 is 0 Å². The Morgan fingerprint density at radius 2 is 2.06 bits per heavy atom. The molecule has 1 N–H and O–H groups in total. The molecule has 32 heavy (non-hydrogen) atoms. The minimum absolute atomic E-state index is 0.169. The molecule has 0 amide bonds. The van der Waals surface area contributed by atoms with Gasteiger partial charge in [-0.1, -0.05) is 12.1 Å². The normalized spacial score (nSPS) is 26.4. The van der Waals surface area contributed by atoms with Crippen molar-refractivity contribution in [2.75, 3.05) is 24.4 Å². The summed E-state index contributed by atoms with van der Waals surface area (Å²) in [6, 6.07) is 12.4. The summed E-state index contributed by atoms with van der Waals surface area (Å²) in [5.74, 6) is -0.433. The molecule has 7 nitrogen and oxygen atoms in total. The fraction of sp³-hybridized carbons (Fsp3) is 0.435. The maximum absolute atomic E-state index is 14.0. The topological polar surface area (TPSA) is 72.5 Å². The monoisotopic (exact) mass is 457 g/mol. The highest BCUT2D eigenvalue weighted by Crippen LogP contribution is 2.44. The summed E-state index contributed by atoms with van der Waals surface area (Å²) >= 11 is 0. The van der Waals surface area contributed by atoms with Gasteiger partial charge in [-0.25, -0.2) is 4.39 Å². The van der Waals surface area contributed by atoms with Gasteiger partial charge in [-0.05, 0) is 62.6 Å². The molecule has 2 aromatic carbocycles. The molecule has 2 fully saturated rings. The highest BCUT2D eigenvalue weighted by Gasteiger charge is 2.55. The first-order valence-electron chi connectivity index (χ1n) is 10.9. The lowest BCUT2D eigenvalue weighted by atomic mass is 9.82. The molecule has 0 radical (unpaired) electrons. The summed E-state index contributed by atoms with van der Waals surface area (Å²) in [5.41, 5.74) is 3.04. The third-order valence-corrected chi connectivity index (χ3v) is 8.96. The van der Waals surface area contributed by atoms with Crippen molar-refractivity contribution < 1.29 is 12.8 Å². The van der Waals surface area contributed by atoms with Crippen molar-refractivity contribution in [2.24, 2.45) is 0 Å². The number of H-pyrrole nitrogens is 1. The second kappa shape index (κ2) is 7.54. The Balaban J connectivity index is 1.41. The van der Waals surface area contributed by atoms with Crippen LogP contribution < -0.4 is 4.31 Å². The van der Waals surface area contributed by atoms with E-state index in [1.807, 2.05) is 6.92 Å². The second-order valence-corrected chi connectivity index (χ2v) is 11.1. The molecule has 0 unspecified atom stereocenters. The number of hydrogen-bond donors (Lipinski definition) is 1. The van der Waals surface area contributed by atoms with Crippen LogP contribution in [0.4, 0.5) is 10.1 Å². The molecule has 9 heteroatoms. The average Bonchev–Trinajstić information content (AvgIpc) is 3.18. The molecular weight excluding hydrogens is 429 g/mol. The molecule has 0 saturated carbocycles. The van der Waals surface area contributed by atoms with E-state index in [1.54, 1.807) is 19.2 Å². The maximum atomic E-state index is 14.0. The molecule has 1 aromatic heterocycles. The smallest absolute Gasteiger partial charge is 0.296 e. The number of aryl methyl sites for hydroxylation is 1. The van der Waals surface area contributed by atoms with Gasteiger partial charge in [0.05, 0.1) is 22.4 Å². The number of piperidine rings is 1. The standard InChI is InChI=1S/C23H28FN5O2S/c1-16-13-23(15-27(3)32(30,31)29(23)20-6-4-5-19(24)12-20)9-10-28(16)14-18-7-8-22-21(11-18)17(2)25-26-22/h4-8,11-12,16H,9-10,13-15H2,1-3H3,(H,25,26)/t16-,23+/m0/s1. The molecule has 2 saturated heterocycles. The second-order valence-electron chi connectivity index (χ2n) is 9.20. The van der Waals surface area contributed by atoms with E-state index in [0.29, 0.717) is 25.1 Å². The molecule has 2 atom stereocenters. The van der Waals surface area contributed by atoms with Gasteiger partial charge in [-0.15, -0.1) is 0 Å². The molecule has 3 aromatic rings. The highest BCUT2D eigenvalue weighted by molar-refractivity contribution is 7.90. The lowest BCUT2D eigenvalue weighted by Gasteiger charge is -2.47. The number of fused-ring (bicyclic) bond motifs is 1. The van der Waals surface area contributed by atoms with Crippen LogP contribution in [0.2, 0.25) is 0 Å². The first kappa shape index (κ1) is 21.4. The van der Waals surface area contributed by atoms with E-state index in [1.165, 1.54) is 26.3 Å². The Bertz CT molecular complexity index is 1280. The number of anilines is 1. The van der Waals surface area contributed by atoms with E-state index in [-0.39, 0.29) is 6.04 Å². The Morgan fingerprint density at radius 3 is 2.81 bits per heavy atom. The minimum atomic E-state index is -3.70. The Hall–Kier alpha value is -2.49. The third kappa shape index (κ3) is 3.39. The summed E-state index contributed by atoms with van der Waals surface area (Å²) in [6.45, 7) is 6.11. The fourth-order valence-electron chi connectivity index (χ4n) is 5.40. The lowest BCUT2D eigenvalue weighted by Crippen LogP contribution is -2.57. The summed E-state index contributed by atoms with van der Waals surface area (Å²) in [4.78, 5) is 2.40. The molecule has 3 heterocycles. The van der Waals surface area contributed by atoms with Crippen molar-refractivity contribution in [1.29, 1.82) is 0 Å². The number of likely N-dealkylation sites (N-methyl/N-ethyl adjacent to an activating group) is 1. The minimum Gasteiger partial charge on any atom is -0.296 e. The van der Waals surface area contributed by atoms with Gasteiger partial charge in [0, 0.05) is 38.1 Å². The Morgan fingerprint density at radius 1 is 1.25 bits per heavy atom. The maximum Gasteiger partial charge on any atom is 0.304 e. The molecule has 0 bridgehead atoms. The number of halogens is 1. The Kier molecular flexibility index (Phi) is 5.03. The first-order valence-corrected chi connectivity index (χ1v) is 12.3. The van der Waals surface area contributed by atoms with Gasteiger partial charge >= 0.3 is 10.2 Å². The van der Waals surface area contributed by atoms with Crippen molar-refractivity contribution in [3.63, 3.8) is 0 Å². The van der Waals surface area contributed by atoms with Crippen LogP contribution in [-0.4, -0.2) is 59.5 Å². The van der Waals surface area contributed by atoms with Crippen LogP contribution in [-0.2, 0) is 16.8 Å². The largest absolute Gasteiger partial charge is 0.304 e. The zero-order valence-electron chi connectivity index (χ0n) is 18.5. The number of nitrogens with one attached hydrogen (secondary N) is 1. The highest BCUT2D eigenvalue weighted by atomic mass is 32.2. The lowest BCUT2D eigenvalue weighted by molar-refractivity contribution is 0.100. The number of aromatic amines is 1. The number of rotatable bonds is 3. The number of likely N-dealkylation sites (tertiary alicyclic amines) is 1. The predicted molar refractivity (Wildman–Crippen MR) is 123 cm³/mol. The summed E-state index contributed by atoms with van der Waals surface area (Å²) in [6.07, 6.45) is 1.37. The van der Waals surface area contributed by atoms with E-state index in [2.05, 4.69) is 40.2 Å². The van der Waals surface area contributed by atoms with E-state index in [0.717, 1.165) is 29.7 Å². The predicted octanol–water partition coefficient (Wildman–Crippen LogP) is 3.43. The Labute approximate surface area is 188 Å². The zero-order valence-corrected chi connectivity index (χ0v) is 19.4. The summed E-state index contributed by atoms with van der Waals surface area (Å²) in [5, 5.41) is 8.45. The van der Waals surface area contributed by atoms with Crippen molar-refractivity contribution in [1.82, 2.24) is 19.4 Å². The third-order valence-electron chi connectivity index (χ3n) is 6.98. The van der Waals surface area contributed by atoms with Gasteiger partial charge in [0.1, 0.15) is 5.82 Å². The van der Waals surface area contributed by atoms with Gasteiger partial charge in [0.2, 0.25) is 0 Å². The van der Waals surface area contributed by atoms with Crippen molar-refractivity contribution >= 4 is 26.8 Å². The zero-order chi connectivity index (χ0) is 22.7. The van der Waals surface area contributed by atoms with Crippen LogP contribution in [0, 0.1) is 12.7 Å². The van der Waals surface area contributed by atoms with Gasteiger partial charge in [0.15, 0.2) is 0 Å². The molecule has 2 aliphatic heterocycles. The number of hydrogen-bond acceptors (Lipinski definition) is 4. The van der Waals surface area contributed by atoms with E-state index < -0.39 is 21.6 Å². The average molecular weight is 458 g/mol. The number of benzene rings is 2. The first-order chi connectivity index (χ1) is 15.2. The molecule has 2 aliphatic rings. The van der Waals surface area contributed by atoms with Gasteiger partial charge in [0.25, 0.3) is 0 Å². The van der Waals surface area contributed by atoms with Crippen molar-refractivity contribution in [3.8, 4) is 0 Å². The van der Waals surface area contributed by atoms with E-state index in [4.69, 9.17) is 0 Å². The molecule has 5 rings (SSSR count).